The Labute approximate surface area is 100 Å². The largest absolute Gasteiger partial charge is 0.459 e. The molecule has 0 radical (unpaired) electrons. The lowest BCUT2D eigenvalue weighted by Crippen LogP contribution is -2.03. The first-order valence-electron chi connectivity index (χ1n) is 4.63. The zero-order valence-electron chi connectivity index (χ0n) is 8.29. The molecule has 5 heteroatoms. The summed E-state index contributed by atoms with van der Waals surface area (Å²) in [5.74, 6) is 1.72. The van der Waals surface area contributed by atoms with Crippen LogP contribution >= 0.6 is 27.3 Å². The highest BCUT2D eigenvalue weighted by Crippen LogP contribution is 2.32. The smallest absolute Gasteiger partial charge is 0.162 e. The van der Waals surface area contributed by atoms with Crippen LogP contribution < -0.4 is 5.73 Å². The number of thiazole rings is 1. The van der Waals surface area contributed by atoms with E-state index in [0.29, 0.717) is 6.54 Å². The lowest BCUT2D eigenvalue weighted by atomic mass is 10.3. The molecule has 3 nitrogen and oxygen atoms in total. The average Bonchev–Trinajstić information content (AvgIpc) is 2.75. The summed E-state index contributed by atoms with van der Waals surface area (Å²) in [6.45, 7) is 2.53. The van der Waals surface area contributed by atoms with Gasteiger partial charge in [0.25, 0.3) is 0 Å². The Morgan fingerprint density at radius 1 is 1.53 bits per heavy atom. The number of rotatable bonds is 3. The fraction of sp³-hybridized carbons (Fsp3) is 0.300. The summed E-state index contributed by atoms with van der Waals surface area (Å²) in [7, 11) is 0. The van der Waals surface area contributed by atoms with Gasteiger partial charge in [0.05, 0.1) is 9.48 Å². The number of nitrogens with two attached hydrogens (primary N) is 1. The second-order valence-corrected chi connectivity index (χ2v) is 5.51. The average molecular weight is 287 g/mol. The predicted molar refractivity (Wildman–Crippen MR) is 65.0 cm³/mol. The summed E-state index contributed by atoms with van der Waals surface area (Å²) in [5, 5.41) is 0.901. The first-order valence-corrected chi connectivity index (χ1v) is 6.23. The molecule has 0 fully saturated rings. The van der Waals surface area contributed by atoms with Crippen molar-refractivity contribution in [3.8, 4) is 10.8 Å². The number of halogens is 1. The van der Waals surface area contributed by atoms with Crippen LogP contribution in [0.2, 0.25) is 0 Å². The molecule has 0 saturated carbocycles. The van der Waals surface area contributed by atoms with E-state index in [9.17, 15) is 0 Å². The first-order chi connectivity index (χ1) is 7.20. The molecule has 2 rings (SSSR count). The summed E-state index contributed by atoms with van der Waals surface area (Å²) >= 11 is 5.06. The Hall–Kier alpha value is -0.650. The van der Waals surface area contributed by atoms with Crippen molar-refractivity contribution in [3.63, 3.8) is 0 Å². The van der Waals surface area contributed by atoms with Crippen LogP contribution in [0.15, 0.2) is 20.3 Å². The molecule has 0 unspecified atom stereocenters. The van der Waals surface area contributed by atoms with Crippen LogP contribution in [0.4, 0.5) is 0 Å². The van der Waals surface area contributed by atoms with Gasteiger partial charge in [-0.25, -0.2) is 4.98 Å². The lowest BCUT2D eigenvalue weighted by Gasteiger charge is -1.90. The van der Waals surface area contributed by atoms with Crippen molar-refractivity contribution in [3.05, 3.63) is 27.4 Å². The minimum absolute atomic E-state index is 0.610. The second kappa shape index (κ2) is 4.47. The van der Waals surface area contributed by atoms with E-state index in [2.05, 4.69) is 20.9 Å². The van der Waals surface area contributed by atoms with E-state index < -0.39 is 0 Å². The maximum absolute atomic E-state index is 5.51. The van der Waals surface area contributed by atoms with Gasteiger partial charge in [0.1, 0.15) is 5.76 Å². The van der Waals surface area contributed by atoms with Gasteiger partial charge in [-0.3, -0.25) is 0 Å². The van der Waals surface area contributed by atoms with Crippen molar-refractivity contribution in [1.82, 2.24) is 4.98 Å². The van der Waals surface area contributed by atoms with E-state index in [1.54, 1.807) is 11.3 Å². The summed E-state index contributed by atoms with van der Waals surface area (Å²) in [6, 6.07) is 3.88. The fourth-order valence-corrected chi connectivity index (χ4v) is 2.83. The van der Waals surface area contributed by atoms with E-state index >= 15 is 0 Å². The number of nitrogens with zero attached hydrogens (tertiary/aromatic N) is 1. The van der Waals surface area contributed by atoms with Crippen LogP contribution in [0.25, 0.3) is 10.8 Å². The normalized spacial score (nSPS) is 10.9. The highest BCUT2D eigenvalue weighted by atomic mass is 79.9. The molecule has 0 saturated heterocycles. The molecular formula is C10H11BrN2OS. The van der Waals surface area contributed by atoms with Crippen molar-refractivity contribution in [2.75, 3.05) is 6.54 Å². The van der Waals surface area contributed by atoms with Crippen molar-refractivity contribution in [2.24, 2.45) is 5.73 Å². The van der Waals surface area contributed by atoms with E-state index in [1.807, 2.05) is 19.1 Å². The quantitative estimate of drug-likeness (QED) is 0.944. The predicted octanol–water partition coefficient (Wildman–Crippen LogP) is 2.98. The first kappa shape index (κ1) is 10.9. The van der Waals surface area contributed by atoms with E-state index in [4.69, 9.17) is 10.2 Å². The van der Waals surface area contributed by atoms with Crippen LogP contribution in [0.3, 0.4) is 0 Å². The van der Waals surface area contributed by atoms with Crippen molar-refractivity contribution in [2.45, 2.75) is 13.3 Å². The second-order valence-electron chi connectivity index (χ2n) is 3.19. The summed E-state index contributed by atoms with van der Waals surface area (Å²) in [6.07, 6.45) is 0.788. The highest BCUT2D eigenvalue weighted by molar-refractivity contribution is 9.11. The van der Waals surface area contributed by atoms with E-state index in [0.717, 1.165) is 32.4 Å². The number of hydrogen-bond donors (Lipinski definition) is 1. The standard InChI is InChI=1S/C10H11BrN2OS/c1-6-2-3-8(14-6)10-13-7(4-5-12)9(11)15-10/h2-3H,4-5,12H2,1H3. The molecule has 0 aromatic carbocycles. The molecule has 15 heavy (non-hydrogen) atoms. The molecule has 0 atom stereocenters. The zero-order valence-corrected chi connectivity index (χ0v) is 10.7. The molecule has 0 amide bonds. The monoisotopic (exact) mass is 286 g/mol. The van der Waals surface area contributed by atoms with Crippen LogP contribution in [0, 0.1) is 6.92 Å². The van der Waals surface area contributed by atoms with Crippen molar-refractivity contribution in [1.29, 1.82) is 0 Å². The Balaban J connectivity index is 2.33. The zero-order chi connectivity index (χ0) is 10.8. The highest BCUT2D eigenvalue weighted by Gasteiger charge is 2.12. The Morgan fingerprint density at radius 2 is 2.33 bits per heavy atom. The van der Waals surface area contributed by atoms with Crippen LogP contribution in [-0.4, -0.2) is 11.5 Å². The summed E-state index contributed by atoms with van der Waals surface area (Å²) in [5.41, 5.74) is 6.51. The molecule has 2 aromatic rings. The minimum atomic E-state index is 0.610. The third kappa shape index (κ3) is 2.30. The molecule has 0 bridgehead atoms. The molecule has 0 spiro atoms. The summed E-state index contributed by atoms with van der Waals surface area (Å²) in [4.78, 5) is 4.48. The molecule has 0 aliphatic heterocycles. The Bertz CT molecular complexity index is 464. The molecule has 0 aliphatic rings. The Kier molecular flexibility index (Phi) is 3.23. The number of aryl methyl sites for hydroxylation is 1. The van der Waals surface area contributed by atoms with Gasteiger partial charge in [0.15, 0.2) is 10.8 Å². The number of furan rings is 1. The molecule has 0 aliphatic carbocycles. The van der Waals surface area contributed by atoms with Gasteiger partial charge >= 0.3 is 0 Å². The molecular weight excluding hydrogens is 276 g/mol. The minimum Gasteiger partial charge on any atom is -0.459 e. The molecule has 80 valence electrons. The number of aromatic nitrogens is 1. The number of hydrogen-bond acceptors (Lipinski definition) is 4. The van der Waals surface area contributed by atoms with Gasteiger partial charge in [-0.15, -0.1) is 11.3 Å². The van der Waals surface area contributed by atoms with Gasteiger partial charge in [-0.1, -0.05) is 0 Å². The third-order valence-corrected chi connectivity index (χ3v) is 3.83. The maximum atomic E-state index is 5.51. The molecule has 2 N–H and O–H groups in total. The van der Waals surface area contributed by atoms with Gasteiger partial charge in [-0.2, -0.15) is 0 Å². The Morgan fingerprint density at radius 3 is 2.93 bits per heavy atom. The SMILES string of the molecule is Cc1ccc(-c2nc(CCN)c(Br)s2)o1. The van der Waals surface area contributed by atoms with Crippen molar-refractivity contribution >= 4 is 27.3 Å². The van der Waals surface area contributed by atoms with Crippen molar-refractivity contribution < 1.29 is 4.42 Å². The lowest BCUT2D eigenvalue weighted by molar-refractivity contribution is 0.548. The molecule has 2 aromatic heterocycles. The summed E-state index contributed by atoms with van der Waals surface area (Å²) < 4.78 is 6.55. The van der Waals surface area contributed by atoms with Gasteiger partial charge in [-0.05, 0) is 41.5 Å². The molecule has 2 heterocycles. The van der Waals surface area contributed by atoms with Crippen LogP contribution in [-0.2, 0) is 6.42 Å². The van der Waals surface area contributed by atoms with Gasteiger partial charge < -0.3 is 10.2 Å². The third-order valence-electron chi connectivity index (χ3n) is 1.98. The van der Waals surface area contributed by atoms with E-state index in [-0.39, 0.29) is 0 Å². The van der Waals surface area contributed by atoms with Crippen LogP contribution in [0.5, 0.6) is 0 Å². The van der Waals surface area contributed by atoms with Crippen LogP contribution in [0.1, 0.15) is 11.5 Å². The van der Waals surface area contributed by atoms with E-state index in [1.165, 1.54) is 0 Å². The topological polar surface area (TPSA) is 52.0 Å². The van der Waals surface area contributed by atoms with Gasteiger partial charge in [0.2, 0.25) is 0 Å². The fourth-order valence-electron chi connectivity index (χ4n) is 1.28. The van der Waals surface area contributed by atoms with Gasteiger partial charge in [0, 0.05) is 6.42 Å². The maximum Gasteiger partial charge on any atom is 0.162 e.